The van der Waals surface area contributed by atoms with Gasteiger partial charge in [-0.2, -0.15) is 0 Å². The number of benzene rings is 3. The number of nitrogens with one attached hydrogen (secondary N) is 1. The molecule has 0 radical (unpaired) electrons. The van der Waals surface area contributed by atoms with Crippen LogP contribution in [0.15, 0.2) is 78.9 Å². The smallest absolute Gasteiger partial charge is 0.243 e. The molecule has 2 amide bonds. The number of hydrogen-bond donors (Lipinski definition) is 1. The van der Waals surface area contributed by atoms with Crippen molar-refractivity contribution in [3.05, 3.63) is 90.0 Å². The summed E-state index contributed by atoms with van der Waals surface area (Å²) in [6, 6.07) is 23.5. The van der Waals surface area contributed by atoms with Crippen molar-refractivity contribution in [3.63, 3.8) is 0 Å². The fraction of sp³-hybridized carbons (Fsp3) is 0.394. The lowest BCUT2D eigenvalue weighted by Gasteiger charge is -2.32. The van der Waals surface area contributed by atoms with Gasteiger partial charge in [0.25, 0.3) is 0 Å². The zero-order chi connectivity index (χ0) is 30.7. The van der Waals surface area contributed by atoms with Crippen LogP contribution in [0.25, 0.3) is 0 Å². The van der Waals surface area contributed by atoms with E-state index < -0.39 is 16.1 Å². The SMILES string of the molecule is CCCCNC(=O)C(Cc1ccccc1)N(Cc1ccccc1)C(=O)CCCN(c1ccc2c(c1)OCCO2)S(C)(=O)=O. The van der Waals surface area contributed by atoms with Crippen LogP contribution in [0.2, 0.25) is 0 Å². The third-order valence-corrected chi connectivity index (χ3v) is 8.46. The van der Waals surface area contributed by atoms with Crippen molar-refractivity contribution in [1.82, 2.24) is 10.2 Å². The number of fused-ring (bicyclic) bond motifs is 1. The van der Waals surface area contributed by atoms with Gasteiger partial charge in [0.05, 0.1) is 11.9 Å². The third-order valence-electron chi connectivity index (χ3n) is 7.26. The molecule has 10 heteroatoms. The maximum atomic E-state index is 13.9. The number of ether oxygens (including phenoxy) is 2. The first-order chi connectivity index (χ1) is 20.8. The number of nitrogens with zero attached hydrogens (tertiary/aromatic N) is 2. The van der Waals surface area contributed by atoms with Gasteiger partial charge in [-0.05, 0) is 36.1 Å². The van der Waals surface area contributed by atoms with Gasteiger partial charge in [-0.1, -0.05) is 74.0 Å². The van der Waals surface area contributed by atoms with E-state index in [4.69, 9.17) is 9.47 Å². The summed E-state index contributed by atoms with van der Waals surface area (Å²) in [4.78, 5) is 29.1. The maximum absolute atomic E-state index is 13.9. The van der Waals surface area contributed by atoms with Crippen LogP contribution in [0.1, 0.15) is 43.7 Å². The molecule has 43 heavy (non-hydrogen) atoms. The topological polar surface area (TPSA) is 105 Å². The van der Waals surface area contributed by atoms with Crippen molar-refractivity contribution in [2.24, 2.45) is 0 Å². The molecule has 230 valence electrons. The first-order valence-electron chi connectivity index (χ1n) is 14.8. The number of carbonyl (C=O) groups is 2. The van der Waals surface area contributed by atoms with Crippen LogP contribution in [0.4, 0.5) is 5.69 Å². The molecule has 4 rings (SSSR count). The van der Waals surface area contributed by atoms with Crippen LogP contribution in [-0.2, 0) is 32.6 Å². The molecule has 9 nitrogen and oxygen atoms in total. The summed E-state index contributed by atoms with van der Waals surface area (Å²) in [7, 11) is -3.65. The quantitative estimate of drug-likeness (QED) is 0.254. The van der Waals surface area contributed by atoms with E-state index in [9.17, 15) is 18.0 Å². The number of carbonyl (C=O) groups excluding carboxylic acids is 2. The normalized spacial score (nSPS) is 13.2. The standard InChI is InChI=1S/C33H41N3O6S/c1-3-4-19-34-33(38)29(23-26-12-7-5-8-13-26)35(25-27-14-9-6-10-15-27)32(37)16-11-20-36(43(2,39)40)28-17-18-30-31(24-28)42-22-21-41-30/h5-10,12-15,17-18,24,29H,3-4,11,16,19-23,25H2,1-2H3,(H,34,38). The fourth-order valence-corrected chi connectivity index (χ4v) is 5.99. The Hall–Kier alpha value is -4.05. The van der Waals surface area contributed by atoms with Gasteiger partial charge >= 0.3 is 0 Å². The van der Waals surface area contributed by atoms with Crippen molar-refractivity contribution in [3.8, 4) is 11.5 Å². The van der Waals surface area contributed by atoms with Crippen molar-refractivity contribution in [2.75, 3.05) is 36.9 Å². The molecule has 1 aliphatic heterocycles. The van der Waals surface area contributed by atoms with Gasteiger partial charge in [0.2, 0.25) is 21.8 Å². The lowest BCUT2D eigenvalue weighted by Crippen LogP contribution is -2.50. The van der Waals surface area contributed by atoms with Crippen LogP contribution >= 0.6 is 0 Å². The Kier molecular flexibility index (Phi) is 11.4. The van der Waals surface area contributed by atoms with E-state index >= 15 is 0 Å². The highest BCUT2D eigenvalue weighted by molar-refractivity contribution is 7.92. The Morgan fingerprint density at radius 3 is 2.19 bits per heavy atom. The Morgan fingerprint density at radius 1 is 0.884 bits per heavy atom. The minimum Gasteiger partial charge on any atom is -0.486 e. The van der Waals surface area contributed by atoms with Gasteiger partial charge in [-0.25, -0.2) is 8.42 Å². The van der Waals surface area contributed by atoms with Crippen LogP contribution in [0, 0.1) is 0 Å². The third kappa shape index (κ3) is 9.22. The number of hydrogen-bond acceptors (Lipinski definition) is 6. The average Bonchev–Trinajstić information content (AvgIpc) is 3.01. The van der Waals surface area contributed by atoms with Gasteiger partial charge in [0.1, 0.15) is 19.3 Å². The molecule has 0 spiro atoms. The monoisotopic (exact) mass is 607 g/mol. The molecule has 1 aliphatic rings. The lowest BCUT2D eigenvalue weighted by atomic mass is 10.0. The first kappa shape index (κ1) is 31.9. The highest BCUT2D eigenvalue weighted by Crippen LogP contribution is 2.34. The summed E-state index contributed by atoms with van der Waals surface area (Å²) in [5.41, 5.74) is 2.30. The average molecular weight is 608 g/mol. The summed E-state index contributed by atoms with van der Waals surface area (Å²) in [6.45, 7) is 3.77. The molecule has 0 bridgehead atoms. The number of rotatable bonds is 15. The lowest BCUT2D eigenvalue weighted by molar-refractivity contribution is -0.141. The number of unbranched alkanes of at least 4 members (excludes halogenated alkanes) is 1. The number of anilines is 1. The zero-order valence-electron chi connectivity index (χ0n) is 24.9. The van der Waals surface area contributed by atoms with E-state index in [0.717, 1.165) is 30.2 Å². The van der Waals surface area contributed by atoms with Crippen molar-refractivity contribution in [1.29, 1.82) is 0 Å². The second-order valence-corrected chi connectivity index (χ2v) is 12.5. The van der Waals surface area contributed by atoms with Crippen LogP contribution in [0.3, 0.4) is 0 Å². The van der Waals surface area contributed by atoms with Gasteiger partial charge in [0, 0.05) is 38.5 Å². The maximum Gasteiger partial charge on any atom is 0.243 e. The van der Waals surface area contributed by atoms with E-state index in [1.807, 2.05) is 60.7 Å². The minimum atomic E-state index is -3.65. The summed E-state index contributed by atoms with van der Waals surface area (Å²) in [5.74, 6) is 0.638. The fourth-order valence-electron chi connectivity index (χ4n) is 5.03. The predicted molar refractivity (Wildman–Crippen MR) is 168 cm³/mol. The molecule has 1 N–H and O–H groups in total. The van der Waals surface area contributed by atoms with Crippen LogP contribution in [0.5, 0.6) is 11.5 Å². The van der Waals surface area contributed by atoms with Gasteiger partial charge in [-0.3, -0.25) is 13.9 Å². The van der Waals surface area contributed by atoms with E-state index in [1.54, 1.807) is 23.1 Å². The Morgan fingerprint density at radius 2 is 1.53 bits per heavy atom. The van der Waals surface area contributed by atoms with Gasteiger partial charge in [0.15, 0.2) is 11.5 Å². The van der Waals surface area contributed by atoms with Gasteiger partial charge in [-0.15, -0.1) is 0 Å². The molecule has 0 saturated carbocycles. The van der Waals surface area contributed by atoms with Crippen molar-refractivity contribution < 1.29 is 27.5 Å². The second-order valence-electron chi connectivity index (χ2n) is 10.6. The van der Waals surface area contributed by atoms with E-state index in [1.165, 1.54) is 4.31 Å². The highest BCUT2D eigenvalue weighted by atomic mass is 32.2. The van der Waals surface area contributed by atoms with Crippen molar-refractivity contribution >= 4 is 27.5 Å². The Labute approximate surface area is 254 Å². The van der Waals surface area contributed by atoms with Crippen molar-refractivity contribution in [2.45, 2.75) is 51.6 Å². The summed E-state index contributed by atoms with van der Waals surface area (Å²) >= 11 is 0. The first-order valence-corrected chi connectivity index (χ1v) is 16.6. The molecule has 0 aliphatic carbocycles. The molecular weight excluding hydrogens is 566 g/mol. The molecule has 1 atom stereocenters. The minimum absolute atomic E-state index is 0.0664. The summed E-state index contributed by atoms with van der Waals surface area (Å²) in [5, 5.41) is 3.02. The van der Waals surface area contributed by atoms with E-state index in [-0.39, 0.29) is 37.7 Å². The molecule has 0 aromatic heterocycles. The van der Waals surface area contributed by atoms with E-state index in [0.29, 0.717) is 43.4 Å². The molecular formula is C33H41N3O6S. The molecule has 1 unspecified atom stereocenters. The molecule has 0 fully saturated rings. The number of sulfonamides is 1. The summed E-state index contributed by atoms with van der Waals surface area (Å²) < 4.78 is 38.1. The Balaban J connectivity index is 1.54. The van der Waals surface area contributed by atoms with Crippen LogP contribution in [-0.4, -0.2) is 63.7 Å². The van der Waals surface area contributed by atoms with E-state index in [2.05, 4.69) is 12.2 Å². The molecule has 0 saturated heterocycles. The van der Waals surface area contributed by atoms with Crippen LogP contribution < -0.4 is 19.1 Å². The highest BCUT2D eigenvalue weighted by Gasteiger charge is 2.30. The second kappa shape index (κ2) is 15.4. The van der Waals surface area contributed by atoms with Gasteiger partial charge < -0.3 is 19.7 Å². The largest absolute Gasteiger partial charge is 0.486 e. The molecule has 3 aromatic rings. The zero-order valence-corrected chi connectivity index (χ0v) is 25.7. The molecule has 1 heterocycles. The predicted octanol–water partition coefficient (Wildman–Crippen LogP) is 4.56. The Bertz CT molecular complexity index is 1450. The molecule has 3 aromatic carbocycles. The summed E-state index contributed by atoms with van der Waals surface area (Å²) in [6.07, 6.45) is 3.63. The number of amides is 2.